The molecule has 2 aromatic carbocycles. The largest absolute Gasteiger partial charge is 0.355 e. The molecule has 0 saturated carbocycles. The van der Waals surface area contributed by atoms with E-state index in [9.17, 15) is 14.9 Å². The highest BCUT2D eigenvalue weighted by Crippen LogP contribution is 2.28. The maximum absolute atomic E-state index is 12.6. The Morgan fingerprint density at radius 1 is 1.14 bits per heavy atom. The van der Waals surface area contributed by atoms with Crippen LogP contribution in [0.5, 0.6) is 0 Å². The van der Waals surface area contributed by atoms with Gasteiger partial charge in [-0.15, -0.1) is 0 Å². The van der Waals surface area contributed by atoms with Crippen molar-refractivity contribution in [1.82, 2.24) is 9.97 Å². The minimum atomic E-state index is -0.473. The number of rotatable bonds is 5. The SMILES string of the molecule is Cc1ccc([N+](=O)[O-])cc1NC(=O)C1CN(c2cc(-c3ccccc3)ncn2)C1. The summed E-state index contributed by atoms with van der Waals surface area (Å²) >= 11 is 0. The van der Waals surface area contributed by atoms with Gasteiger partial charge in [0.15, 0.2) is 0 Å². The molecule has 0 unspecified atom stereocenters. The zero-order chi connectivity index (χ0) is 20.4. The third-order valence-electron chi connectivity index (χ3n) is 4.99. The molecule has 1 aromatic heterocycles. The van der Waals surface area contributed by atoms with E-state index in [1.807, 2.05) is 41.3 Å². The second kappa shape index (κ2) is 7.67. The Morgan fingerprint density at radius 3 is 2.62 bits per heavy atom. The molecule has 0 radical (unpaired) electrons. The van der Waals surface area contributed by atoms with Gasteiger partial charge in [0.2, 0.25) is 5.91 Å². The highest BCUT2D eigenvalue weighted by molar-refractivity contribution is 5.95. The zero-order valence-electron chi connectivity index (χ0n) is 15.8. The highest BCUT2D eigenvalue weighted by Gasteiger charge is 2.34. The van der Waals surface area contributed by atoms with Crippen LogP contribution in [0.2, 0.25) is 0 Å². The number of hydrogen-bond acceptors (Lipinski definition) is 6. The maximum atomic E-state index is 12.6. The van der Waals surface area contributed by atoms with E-state index in [4.69, 9.17) is 0 Å². The quantitative estimate of drug-likeness (QED) is 0.530. The average molecular weight is 389 g/mol. The number of nitrogens with one attached hydrogen (secondary N) is 1. The first kappa shape index (κ1) is 18.5. The van der Waals surface area contributed by atoms with Crippen molar-refractivity contribution in [2.24, 2.45) is 5.92 Å². The van der Waals surface area contributed by atoms with Gasteiger partial charge < -0.3 is 10.2 Å². The Hall–Kier alpha value is -3.81. The number of nitro benzene ring substituents is 1. The second-order valence-electron chi connectivity index (χ2n) is 6.97. The van der Waals surface area contributed by atoms with E-state index in [0.717, 1.165) is 22.6 Å². The summed E-state index contributed by atoms with van der Waals surface area (Å²) in [5, 5.41) is 13.8. The number of nitro groups is 1. The Bertz CT molecular complexity index is 1060. The number of benzene rings is 2. The molecule has 1 fully saturated rings. The third kappa shape index (κ3) is 3.91. The van der Waals surface area contributed by atoms with Gasteiger partial charge >= 0.3 is 0 Å². The van der Waals surface area contributed by atoms with Gasteiger partial charge in [-0.1, -0.05) is 36.4 Å². The summed E-state index contributed by atoms with van der Waals surface area (Å²) in [6, 6.07) is 16.2. The number of hydrogen-bond donors (Lipinski definition) is 1. The standard InChI is InChI=1S/C21H19N5O3/c1-14-7-8-17(26(28)29)9-18(14)24-21(27)16-11-25(12-16)20-10-19(22-13-23-20)15-5-3-2-4-6-15/h2-10,13,16H,11-12H2,1H3,(H,24,27). The van der Waals surface area contributed by atoms with E-state index in [-0.39, 0.29) is 17.5 Å². The fourth-order valence-corrected chi connectivity index (χ4v) is 3.21. The number of anilines is 2. The molecule has 0 bridgehead atoms. The maximum Gasteiger partial charge on any atom is 0.271 e. The van der Waals surface area contributed by atoms with Gasteiger partial charge in [0.05, 0.1) is 22.2 Å². The van der Waals surface area contributed by atoms with Gasteiger partial charge in [-0.05, 0) is 12.5 Å². The summed E-state index contributed by atoms with van der Waals surface area (Å²) in [5.74, 6) is 0.417. The molecular formula is C21H19N5O3. The first-order chi connectivity index (χ1) is 14.0. The lowest BCUT2D eigenvalue weighted by Gasteiger charge is -2.39. The number of aromatic nitrogens is 2. The predicted octanol–water partition coefficient (Wildman–Crippen LogP) is 3.44. The summed E-state index contributed by atoms with van der Waals surface area (Å²) in [6.07, 6.45) is 1.53. The number of nitrogens with zero attached hydrogens (tertiary/aromatic N) is 4. The first-order valence-electron chi connectivity index (χ1n) is 9.19. The molecule has 1 aliphatic heterocycles. The minimum Gasteiger partial charge on any atom is -0.355 e. The van der Waals surface area contributed by atoms with Crippen LogP contribution in [0.1, 0.15) is 5.56 Å². The number of carbonyl (C=O) groups is 1. The van der Waals surface area contributed by atoms with Crippen molar-refractivity contribution in [2.45, 2.75) is 6.92 Å². The van der Waals surface area contributed by atoms with Crippen LogP contribution >= 0.6 is 0 Å². The lowest BCUT2D eigenvalue weighted by Crippen LogP contribution is -2.52. The molecule has 29 heavy (non-hydrogen) atoms. The van der Waals surface area contributed by atoms with Crippen LogP contribution < -0.4 is 10.2 Å². The smallest absolute Gasteiger partial charge is 0.271 e. The van der Waals surface area contributed by atoms with Crippen molar-refractivity contribution >= 4 is 23.1 Å². The Labute approximate surface area is 167 Å². The Kier molecular flexibility index (Phi) is 4.90. The molecule has 8 heteroatoms. The van der Waals surface area contributed by atoms with Gasteiger partial charge in [0, 0.05) is 36.9 Å². The monoisotopic (exact) mass is 389 g/mol. The molecule has 1 amide bonds. The van der Waals surface area contributed by atoms with Crippen LogP contribution in [0, 0.1) is 23.0 Å². The van der Waals surface area contributed by atoms with E-state index >= 15 is 0 Å². The van der Waals surface area contributed by atoms with Crippen LogP contribution in [-0.2, 0) is 4.79 Å². The summed E-state index contributed by atoms with van der Waals surface area (Å²) < 4.78 is 0. The molecule has 0 spiro atoms. The lowest BCUT2D eigenvalue weighted by atomic mass is 9.98. The molecule has 8 nitrogen and oxygen atoms in total. The van der Waals surface area contributed by atoms with Crippen LogP contribution in [-0.4, -0.2) is 33.9 Å². The fourth-order valence-electron chi connectivity index (χ4n) is 3.21. The number of carbonyl (C=O) groups excluding carboxylic acids is 1. The lowest BCUT2D eigenvalue weighted by molar-refractivity contribution is -0.384. The van der Waals surface area contributed by atoms with Gasteiger partial charge in [0.1, 0.15) is 12.1 Å². The third-order valence-corrected chi connectivity index (χ3v) is 4.99. The molecule has 1 N–H and O–H groups in total. The number of aryl methyl sites for hydroxylation is 1. The number of amides is 1. The van der Waals surface area contributed by atoms with Gasteiger partial charge in [-0.2, -0.15) is 0 Å². The topological polar surface area (TPSA) is 101 Å². The Morgan fingerprint density at radius 2 is 1.90 bits per heavy atom. The van der Waals surface area contributed by atoms with Crippen LogP contribution in [0.4, 0.5) is 17.2 Å². The van der Waals surface area contributed by atoms with E-state index in [2.05, 4.69) is 15.3 Å². The van der Waals surface area contributed by atoms with E-state index in [1.165, 1.54) is 18.5 Å². The predicted molar refractivity (Wildman–Crippen MR) is 110 cm³/mol. The van der Waals surface area contributed by atoms with Crippen molar-refractivity contribution in [3.05, 3.63) is 76.6 Å². The summed E-state index contributed by atoms with van der Waals surface area (Å²) in [5.41, 5.74) is 3.04. The van der Waals surface area contributed by atoms with E-state index in [1.54, 1.807) is 13.0 Å². The van der Waals surface area contributed by atoms with Crippen molar-refractivity contribution < 1.29 is 9.72 Å². The molecule has 1 aliphatic rings. The summed E-state index contributed by atoms with van der Waals surface area (Å²) in [4.78, 5) is 33.7. The average Bonchev–Trinajstić information content (AvgIpc) is 2.69. The molecular weight excluding hydrogens is 370 g/mol. The second-order valence-corrected chi connectivity index (χ2v) is 6.97. The fraction of sp³-hybridized carbons (Fsp3) is 0.190. The Balaban J connectivity index is 1.41. The normalized spacial score (nSPS) is 13.6. The van der Waals surface area contributed by atoms with Gasteiger partial charge in [-0.25, -0.2) is 9.97 Å². The molecule has 2 heterocycles. The molecule has 0 aliphatic carbocycles. The van der Waals surface area contributed by atoms with Crippen LogP contribution in [0.15, 0.2) is 60.9 Å². The molecule has 146 valence electrons. The van der Waals surface area contributed by atoms with Crippen LogP contribution in [0.25, 0.3) is 11.3 Å². The van der Waals surface area contributed by atoms with Crippen molar-refractivity contribution in [2.75, 3.05) is 23.3 Å². The minimum absolute atomic E-state index is 0.0458. The summed E-state index contributed by atoms with van der Waals surface area (Å²) in [6.45, 7) is 2.87. The van der Waals surface area contributed by atoms with Crippen molar-refractivity contribution in [3.63, 3.8) is 0 Å². The molecule has 1 saturated heterocycles. The van der Waals surface area contributed by atoms with Crippen molar-refractivity contribution in [1.29, 1.82) is 0 Å². The highest BCUT2D eigenvalue weighted by atomic mass is 16.6. The van der Waals surface area contributed by atoms with Gasteiger partial charge in [0.25, 0.3) is 5.69 Å². The van der Waals surface area contributed by atoms with E-state index in [0.29, 0.717) is 18.8 Å². The zero-order valence-corrected chi connectivity index (χ0v) is 15.8. The first-order valence-corrected chi connectivity index (χ1v) is 9.19. The molecule has 0 atom stereocenters. The summed E-state index contributed by atoms with van der Waals surface area (Å²) in [7, 11) is 0. The number of non-ortho nitro benzene ring substituents is 1. The van der Waals surface area contributed by atoms with Crippen molar-refractivity contribution in [3.8, 4) is 11.3 Å². The molecule has 4 rings (SSSR count). The van der Waals surface area contributed by atoms with Gasteiger partial charge in [-0.3, -0.25) is 14.9 Å². The van der Waals surface area contributed by atoms with Crippen LogP contribution in [0.3, 0.4) is 0 Å². The molecule has 3 aromatic rings. The van der Waals surface area contributed by atoms with E-state index < -0.39 is 4.92 Å².